The van der Waals surface area contributed by atoms with Crippen molar-refractivity contribution in [2.45, 2.75) is 18.3 Å². The molecule has 0 aromatic heterocycles. The van der Waals surface area contributed by atoms with Gasteiger partial charge in [0.2, 0.25) is 0 Å². The summed E-state index contributed by atoms with van der Waals surface area (Å²) in [5, 5.41) is 14.8. The van der Waals surface area contributed by atoms with E-state index in [0.717, 1.165) is 43.6 Å². The summed E-state index contributed by atoms with van der Waals surface area (Å²) in [5.41, 5.74) is 1.46. The lowest BCUT2D eigenvalue weighted by molar-refractivity contribution is 0.132. The van der Waals surface area contributed by atoms with E-state index in [9.17, 15) is 10.2 Å². The molecular formula is C21H24N4O. The molecule has 1 saturated heterocycles. The maximum Gasteiger partial charge on any atom is 0.107 e. The molecule has 0 saturated carbocycles. The zero-order chi connectivity index (χ0) is 18.2. The summed E-state index contributed by atoms with van der Waals surface area (Å²) in [6.45, 7) is 3.99. The fourth-order valence-corrected chi connectivity index (χ4v) is 3.70. The fourth-order valence-electron chi connectivity index (χ4n) is 3.70. The van der Waals surface area contributed by atoms with Crippen LogP contribution in [-0.2, 0) is 5.41 Å². The van der Waals surface area contributed by atoms with Gasteiger partial charge in [0.15, 0.2) is 0 Å². The van der Waals surface area contributed by atoms with Crippen molar-refractivity contribution in [2.24, 2.45) is 5.29 Å². The summed E-state index contributed by atoms with van der Waals surface area (Å²) in [4.78, 5) is 12.9. The van der Waals surface area contributed by atoms with Crippen LogP contribution in [0.25, 0.3) is 0 Å². The molecule has 0 amide bonds. The Hall–Kier alpha value is -2.71. The molecule has 0 N–H and O–H groups in total. The van der Waals surface area contributed by atoms with Crippen molar-refractivity contribution < 1.29 is 0 Å². The molecule has 0 spiro atoms. The van der Waals surface area contributed by atoms with Gasteiger partial charge in [0.1, 0.15) is 5.41 Å². The lowest BCUT2D eigenvalue weighted by atomic mass is 9.72. The van der Waals surface area contributed by atoms with Gasteiger partial charge in [-0.25, -0.2) is 0 Å². The topological polar surface area (TPSA) is 59.7 Å². The first kappa shape index (κ1) is 18.1. The molecule has 0 unspecified atom stereocenters. The molecule has 1 heterocycles. The second-order valence-electron chi connectivity index (χ2n) is 6.73. The number of benzene rings is 2. The van der Waals surface area contributed by atoms with Crippen molar-refractivity contribution >= 4 is 0 Å². The van der Waals surface area contributed by atoms with Crippen LogP contribution in [0.4, 0.5) is 0 Å². The highest BCUT2D eigenvalue weighted by Crippen LogP contribution is 2.36. The Balaban J connectivity index is 1.73. The predicted molar refractivity (Wildman–Crippen MR) is 102 cm³/mol. The van der Waals surface area contributed by atoms with Crippen LogP contribution in [0, 0.1) is 16.2 Å². The van der Waals surface area contributed by atoms with Gasteiger partial charge in [-0.2, -0.15) is 5.26 Å². The number of piperazine rings is 1. The van der Waals surface area contributed by atoms with E-state index >= 15 is 0 Å². The van der Waals surface area contributed by atoms with E-state index in [4.69, 9.17) is 0 Å². The Morgan fingerprint density at radius 2 is 1.46 bits per heavy atom. The van der Waals surface area contributed by atoms with Gasteiger partial charge >= 0.3 is 0 Å². The zero-order valence-corrected chi connectivity index (χ0v) is 14.9. The van der Waals surface area contributed by atoms with Gasteiger partial charge in [-0.1, -0.05) is 60.7 Å². The molecule has 134 valence electrons. The van der Waals surface area contributed by atoms with Gasteiger partial charge < -0.3 is 0 Å². The molecule has 0 aliphatic carbocycles. The summed E-state index contributed by atoms with van der Waals surface area (Å²) >= 11 is 0. The molecule has 1 aliphatic rings. The molecule has 5 heteroatoms. The van der Waals surface area contributed by atoms with E-state index in [2.05, 4.69) is 16.3 Å². The third-order valence-corrected chi connectivity index (χ3v) is 5.21. The minimum absolute atomic E-state index is 0.630. The highest BCUT2D eigenvalue weighted by atomic mass is 16.3. The van der Waals surface area contributed by atoms with Crippen molar-refractivity contribution in [3.63, 3.8) is 0 Å². The predicted octanol–water partition coefficient (Wildman–Crippen LogP) is 3.58. The molecule has 3 rings (SSSR count). The first-order chi connectivity index (χ1) is 12.8. The van der Waals surface area contributed by atoms with Gasteiger partial charge in [-0.3, -0.25) is 9.91 Å². The monoisotopic (exact) mass is 348 g/mol. The molecule has 2 aromatic carbocycles. The highest BCUT2D eigenvalue weighted by Gasteiger charge is 2.34. The van der Waals surface area contributed by atoms with Crippen molar-refractivity contribution in [2.75, 3.05) is 32.7 Å². The Morgan fingerprint density at radius 1 is 0.923 bits per heavy atom. The third kappa shape index (κ3) is 3.92. The minimum Gasteiger partial charge on any atom is -0.300 e. The van der Waals surface area contributed by atoms with Crippen molar-refractivity contribution in [3.8, 4) is 6.07 Å². The van der Waals surface area contributed by atoms with Crippen molar-refractivity contribution in [1.82, 2.24) is 9.91 Å². The van der Waals surface area contributed by atoms with Gasteiger partial charge in [0.05, 0.1) is 24.4 Å². The van der Waals surface area contributed by atoms with E-state index in [1.807, 2.05) is 60.7 Å². The molecule has 0 bridgehead atoms. The quantitative estimate of drug-likeness (QED) is 0.718. The first-order valence-electron chi connectivity index (χ1n) is 9.11. The maximum absolute atomic E-state index is 10.6. The summed E-state index contributed by atoms with van der Waals surface area (Å²) in [7, 11) is 0. The number of nitriles is 1. The molecule has 5 nitrogen and oxygen atoms in total. The van der Waals surface area contributed by atoms with Crippen LogP contribution in [0.1, 0.15) is 24.0 Å². The van der Waals surface area contributed by atoms with Gasteiger partial charge in [0.25, 0.3) is 0 Å². The van der Waals surface area contributed by atoms with Crippen LogP contribution in [-0.4, -0.2) is 42.6 Å². The molecule has 1 fully saturated rings. The van der Waals surface area contributed by atoms with Crippen LogP contribution >= 0.6 is 0 Å². The molecule has 0 atom stereocenters. The van der Waals surface area contributed by atoms with Crippen molar-refractivity contribution in [1.29, 1.82) is 5.26 Å². The number of nitrogens with zero attached hydrogens (tertiary/aromatic N) is 4. The standard InChI is InChI=1S/C21H24N4O/c22-18-21(19-8-3-1-4-9-19,20-10-5-2-6-11-20)12-7-13-24-14-16-25(23-26)17-15-24/h1-6,8-11H,7,12-17H2. The first-order valence-corrected chi connectivity index (χ1v) is 9.11. The Kier molecular flexibility index (Phi) is 5.98. The van der Waals surface area contributed by atoms with E-state index in [-0.39, 0.29) is 0 Å². The molecular weight excluding hydrogens is 324 g/mol. The van der Waals surface area contributed by atoms with Gasteiger partial charge in [0, 0.05) is 13.1 Å². The smallest absolute Gasteiger partial charge is 0.107 e. The SMILES string of the molecule is N#CC(CCCN1CCN(N=O)CC1)(c1ccccc1)c1ccccc1. The number of rotatable bonds is 7. The zero-order valence-electron chi connectivity index (χ0n) is 14.9. The lowest BCUT2D eigenvalue weighted by Gasteiger charge is -2.33. The van der Waals surface area contributed by atoms with Gasteiger partial charge in [-0.15, -0.1) is 4.91 Å². The molecule has 26 heavy (non-hydrogen) atoms. The van der Waals surface area contributed by atoms with E-state index in [0.29, 0.717) is 13.1 Å². The normalized spacial score (nSPS) is 15.4. The van der Waals surface area contributed by atoms with Gasteiger partial charge in [-0.05, 0) is 30.5 Å². The van der Waals surface area contributed by atoms with Crippen molar-refractivity contribution in [3.05, 3.63) is 76.7 Å². The number of hydrogen-bond acceptors (Lipinski definition) is 4. The summed E-state index contributed by atoms with van der Waals surface area (Å²) in [5.74, 6) is 0. The number of nitroso groups, excluding NO2 is 1. The third-order valence-electron chi connectivity index (χ3n) is 5.21. The molecule has 1 aliphatic heterocycles. The van der Waals surface area contributed by atoms with E-state index in [1.165, 1.54) is 0 Å². The maximum atomic E-state index is 10.6. The van der Waals surface area contributed by atoms with E-state index < -0.39 is 5.41 Å². The van der Waals surface area contributed by atoms with Crippen LogP contribution in [0.3, 0.4) is 0 Å². The molecule has 0 radical (unpaired) electrons. The lowest BCUT2D eigenvalue weighted by Crippen LogP contribution is -2.44. The summed E-state index contributed by atoms with van der Waals surface area (Å²) in [6.07, 6.45) is 1.69. The Morgan fingerprint density at radius 3 is 1.92 bits per heavy atom. The minimum atomic E-state index is -0.630. The van der Waals surface area contributed by atoms with E-state index in [1.54, 1.807) is 5.01 Å². The van der Waals surface area contributed by atoms with Crippen LogP contribution < -0.4 is 0 Å². The van der Waals surface area contributed by atoms with Crippen LogP contribution in [0.2, 0.25) is 0 Å². The second-order valence-corrected chi connectivity index (χ2v) is 6.73. The fraction of sp³-hybridized carbons (Fsp3) is 0.381. The Bertz CT molecular complexity index is 694. The average Bonchev–Trinajstić information content (AvgIpc) is 2.73. The van der Waals surface area contributed by atoms with Crippen LogP contribution in [0.5, 0.6) is 0 Å². The second kappa shape index (κ2) is 8.59. The highest BCUT2D eigenvalue weighted by molar-refractivity contribution is 5.45. The average molecular weight is 348 g/mol. The number of hydrogen-bond donors (Lipinski definition) is 0. The Labute approximate surface area is 154 Å². The van der Waals surface area contributed by atoms with Crippen LogP contribution in [0.15, 0.2) is 65.9 Å². The summed E-state index contributed by atoms with van der Waals surface area (Å²) in [6, 6.07) is 22.8. The molecule has 2 aromatic rings. The summed E-state index contributed by atoms with van der Waals surface area (Å²) < 4.78 is 0. The largest absolute Gasteiger partial charge is 0.300 e.